The van der Waals surface area contributed by atoms with Crippen LogP contribution < -0.4 is 0 Å². The van der Waals surface area contributed by atoms with E-state index in [4.69, 9.17) is 4.99 Å². The molecule has 0 aliphatic carbocycles. The summed E-state index contributed by atoms with van der Waals surface area (Å²) in [6, 6.07) is 3.98. The Hall–Kier alpha value is -2.36. The number of allylic oxidation sites excluding steroid dienone is 1. The van der Waals surface area contributed by atoms with E-state index in [0.29, 0.717) is 5.92 Å². The van der Waals surface area contributed by atoms with Crippen LogP contribution in [0.1, 0.15) is 39.2 Å². The lowest BCUT2D eigenvalue weighted by Gasteiger charge is -2.42. The first-order chi connectivity index (χ1) is 12.3. The Morgan fingerprint density at radius 3 is 2.58 bits per heavy atom. The summed E-state index contributed by atoms with van der Waals surface area (Å²) in [5.41, 5.74) is 4.45. The maximum Gasteiger partial charge on any atom is 0.206 e. The molecule has 0 saturated carbocycles. The first-order valence-corrected chi connectivity index (χ1v) is 9.35. The fourth-order valence-electron chi connectivity index (χ4n) is 3.61. The number of piperidine rings is 1. The lowest BCUT2D eigenvalue weighted by molar-refractivity contribution is 0.242. The molecule has 0 bridgehead atoms. The van der Waals surface area contributed by atoms with Gasteiger partial charge < -0.3 is 9.80 Å². The van der Waals surface area contributed by atoms with Gasteiger partial charge in [-0.1, -0.05) is 39.5 Å². The van der Waals surface area contributed by atoms with Gasteiger partial charge in [-0.3, -0.25) is 4.98 Å². The molecule has 4 heteroatoms. The van der Waals surface area contributed by atoms with Gasteiger partial charge in [0.15, 0.2) is 0 Å². The van der Waals surface area contributed by atoms with Crippen molar-refractivity contribution >= 4 is 11.7 Å². The summed E-state index contributed by atoms with van der Waals surface area (Å²) in [4.78, 5) is 13.6. The summed E-state index contributed by atoms with van der Waals surface area (Å²) in [5.74, 6) is 1.49. The molecule has 0 spiro atoms. The first kappa shape index (κ1) is 18.4. The molecule has 1 fully saturated rings. The minimum Gasteiger partial charge on any atom is -0.342 e. The Bertz CT molecular complexity index is 752. The van der Waals surface area contributed by atoms with Crippen molar-refractivity contribution < 1.29 is 0 Å². The van der Waals surface area contributed by atoms with Crippen molar-refractivity contribution in [2.75, 3.05) is 20.1 Å². The van der Waals surface area contributed by atoms with Gasteiger partial charge in [-0.25, -0.2) is 4.99 Å². The number of likely N-dealkylation sites (N-methyl/N-ethyl adjacent to an activating group) is 1. The number of nitrogens with zero attached hydrogens (tertiary/aromatic N) is 4. The number of likely N-dealkylation sites (tertiary alicyclic amines) is 1. The summed E-state index contributed by atoms with van der Waals surface area (Å²) < 4.78 is 0. The number of aromatic nitrogens is 1. The minimum atomic E-state index is 0.139. The zero-order chi connectivity index (χ0) is 18.9. The smallest absolute Gasteiger partial charge is 0.206 e. The molecule has 4 nitrogen and oxygen atoms in total. The van der Waals surface area contributed by atoms with E-state index in [9.17, 15) is 0 Å². The quantitative estimate of drug-likeness (QED) is 0.733. The number of guanidine groups is 1. The molecular weight excluding hydrogens is 320 g/mol. The van der Waals surface area contributed by atoms with Crippen molar-refractivity contribution in [3.8, 4) is 0 Å². The van der Waals surface area contributed by atoms with Crippen LogP contribution in [0.25, 0.3) is 5.70 Å². The molecule has 2 aliphatic rings. The third kappa shape index (κ3) is 3.74. The largest absolute Gasteiger partial charge is 0.342 e. The van der Waals surface area contributed by atoms with Crippen LogP contribution in [-0.2, 0) is 0 Å². The van der Waals surface area contributed by atoms with Crippen molar-refractivity contribution in [3.05, 3.63) is 60.6 Å². The summed E-state index contributed by atoms with van der Waals surface area (Å²) in [6.45, 7) is 17.4. The molecule has 1 aromatic rings. The number of hydrogen-bond donors (Lipinski definition) is 0. The van der Waals surface area contributed by atoms with Crippen molar-refractivity contribution in [1.29, 1.82) is 0 Å². The molecule has 2 aliphatic heterocycles. The predicted octanol–water partition coefficient (Wildman–Crippen LogP) is 4.55. The summed E-state index contributed by atoms with van der Waals surface area (Å²) >= 11 is 0. The van der Waals surface area contributed by atoms with Gasteiger partial charge in [0.05, 0.1) is 5.70 Å². The van der Waals surface area contributed by atoms with E-state index in [-0.39, 0.29) is 5.41 Å². The highest BCUT2D eigenvalue weighted by Gasteiger charge is 2.31. The molecule has 0 radical (unpaired) electrons. The average Bonchev–Trinajstić information content (AvgIpc) is 2.63. The van der Waals surface area contributed by atoms with Crippen LogP contribution in [0.15, 0.2) is 60.0 Å². The van der Waals surface area contributed by atoms with Gasteiger partial charge in [-0.2, -0.15) is 0 Å². The highest BCUT2D eigenvalue weighted by molar-refractivity contribution is 5.91. The number of hydrogen-bond acceptors (Lipinski definition) is 4. The van der Waals surface area contributed by atoms with Gasteiger partial charge in [0.2, 0.25) is 5.96 Å². The van der Waals surface area contributed by atoms with E-state index in [2.05, 4.69) is 48.7 Å². The number of aliphatic imine (C=N–C) groups is 1. The zero-order valence-electron chi connectivity index (χ0n) is 16.5. The molecule has 0 amide bonds. The predicted molar refractivity (Wildman–Crippen MR) is 109 cm³/mol. The van der Waals surface area contributed by atoms with Gasteiger partial charge in [0, 0.05) is 43.8 Å². The summed E-state index contributed by atoms with van der Waals surface area (Å²) in [5, 5.41) is 0. The fourth-order valence-corrected chi connectivity index (χ4v) is 3.61. The van der Waals surface area contributed by atoms with E-state index in [0.717, 1.165) is 42.4 Å². The van der Waals surface area contributed by atoms with Gasteiger partial charge in [-0.05, 0) is 42.4 Å². The molecule has 138 valence electrons. The highest BCUT2D eigenvalue weighted by Crippen LogP contribution is 2.35. The Morgan fingerprint density at radius 2 is 1.92 bits per heavy atom. The molecule has 3 rings (SSSR count). The summed E-state index contributed by atoms with van der Waals surface area (Å²) in [7, 11) is 2.04. The second-order valence-corrected chi connectivity index (χ2v) is 8.29. The second kappa shape index (κ2) is 7.10. The molecule has 0 N–H and O–H groups in total. The maximum absolute atomic E-state index is 4.97. The molecule has 0 aromatic carbocycles. The van der Waals surface area contributed by atoms with Gasteiger partial charge in [0.1, 0.15) is 0 Å². The van der Waals surface area contributed by atoms with Crippen LogP contribution in [0.4, 0.5) is 0 Å². The van der Waals surface area contributed by atoms with Crippen molar-refractivity contribution in [2.24, 2.45) is 16.3 Å². The Labute approximate surface area is 157 Å². The van der Waals surface area contributed by atoms with E-state index in [1.807, 2.05) is 25.3 Å². The zero-order valence-corrected chi connectivity index (χ0v) is 16.5. The van der Waals surface area contributed by atoms with E-state index in [1.54, 1.807) is 12.4 Å². The highest BCUT2D eigenvalue weighted by atomic mass is 15.4. The van der Waals surface area contributed by atoms with Crippen LogP contribution in [0.3, 0.4) is 0 Å². The molecule has 1 atom stereocenters. The van der Waals surface area contributed by atoms with Crippen LogP contribution >= 0.6 is 0 Å². The summed E-state index contributed by atoms with van der Waals surface area (Å²) in [6.07, 6.45) is 8.01. The maximum atomic E-state index is 4.97. The average molecular weight is 351 g/mol. The first-order valence-electron chi connectivity index (χ1n) is 9.35. The number of rotatable bonds is 2. The monoisotopic (exact) mass is 350 g/mol. The fraction of sp³-hybridized carbons (Fsp3) is 0.455. The molecule has 26 heavy (non-hydrogen) atoms. The molecule has 3 heterocycles. The van der Waals surface area contributed by atoms with Gasteiger partial charge in [0.25, 0.3) is 0 Å². The molecule has 1 unspecified atom stereocenters. The topological polar surface area (TPSA) is 31.7 Å². The van der Waals surface area contributed by atoms with Crippen LogP contribution in [0.5, 0.6) is 0 Å². The van der Waals surface area contributed by atoms with Crippen molar-refractivity contribution in [2.45, 2.75) is 33.6 Å². The lowest BCUT2D eigenvalue weighted by Crippen LogP contribution is -2.48. The number of pyridine rings is 1. The Morgan fingerprint density at radius 1 is 1.23 bits per heavy atom. The van der Waals surface area contributed by atoms with Gasteiger partial charge in [-0.15, -0.1) is 0 Å². The van der Waals surface area contributed by atoms with E-state index < -0.39 is 0 Å². The standard InChI is InChI=1S/C22H30N4/c1-16-14-20(18-9-11-23-12-10-18)24-21(25(16)6)26-13-7-8-19(15-26)17(2)22(3,4)5/h9-12,14,19H,1-2,7-8,13,15H2,3-6H3. The van der Waals surface area contributed by atoms with Crippen LogP contribution in [0.2, 0.25) is 0 Å². The Kier molecular flexibility index (Phi) is 5.03. The van der Waals surface area contributed by atoms with E-state index in [1.165, 1.54) is 12.0 Å². The van der Waals surface area contributed by atoms with Crippen molar-refractivity contribution in [3.63, 3.8) is 0 Å². The van der Waals surface area contributed by atoms with Crippen LogP contribution in [-0.4, -0.2) is 40.9 Å². The SMILES string of the molecule is C=C1C=C(c2ccncc2)N=C(N2CCCC(C(=C)C(C)(C)C)C2)N1C. The third-order valence-corrected chi connectivity index (χ3v) is 5.39. The third-order valence-electron chi connectivity index (χ3n) is 5.39. The molecule has 1 saturated heterocycles. The normalized spacial score (nSPS) is 21.4. The minimum absolute atomic E-state index is 0.139. The second-order valence-electron chi connectivity index (χ2n) is 8.29. The lowest BCUT2D eigenvalue weighted by atomic mass is 9.77. The van der Waals surface area contributed by atoms with E-state index >= 15 is 0 Å². The van der Waals surface area contributed by atoms with Crippen LogP contribution in [0, 0.1) is 11.3 Å². The van der Waals surface area contributed by atoms with Gasteiger partial charge >= 0.3 is 0 Å². The molecule has 1 aromatic heterocycles. The Balaban J connectivity index is 1.87. The molecular formula is C22H30N4. The van der Waals surface area contributed by atoms with Crippen molar-refractivity contribution in [1.82, 2.24) is 14.8 Å².